The second-order valence-electron chi connectivity index (χ2n) is 3.07. The summed E-state index contributed by atoms with van der Waals surface area (Å²) in [5, 5.41) is 8.91. The number of nitrogens with zero attached hydrogens (tertiary/aromatic N) is 2. The largest absolute Gasteiger partial charge is 0.437 e. The number of halogens is 1. The average Bonchev–Trinajstić information content (AvgIpc) is 2.29. The Labute approximate surface area is 101 Å². The Morgan fingerprint density at radius 1 is 1.31 bits per heavy atom. The van der Waals surface area contributed by atoms with Crippen LogP contribution in [0.1, 0.15) is 5.69 Å². The van der Waals surface area contributed by atoms with Gasteiger partial charge in [-0.25, -0.2) is 4.98 Å². The van der Waals surface area contributed by atoms with Gasteiger partial charge in [0.1, 0.15) is 5.75 Å². The van der Waals surface area contributed by atoms with E-state index in [0.29, 0.717) is 17.3 Å². The predicted molar refractivity (Wildman–Crippen MR) is 62.2 cm³/mol. The Kier molecular flexibility index (Phi) is 3.48. The van der Waals surface area contributed by atoms with Crippen LogP contribution < -0.4 is 4.74 Å². The van der Waals surface area contributed by atoms with Crippen LogP contribution in [0.15, 0.2) is 41.1 Å². The van der Waals surface area contributed by atoms with Crippen molar-refractivity contribution in [3.8, 4) is 11.6 Å². The van der Waals surface area contributed by atoms with Crippen molar-refractivity contribution in [3.63, 3.8) is 0 Å². The first-order valence-electron chi connectivity index (χ1n) is 4.63. The van der Waals surface area contributed by atoms with Gasteiger partial charge in [0.15, 0.2) is 0 Å². The highest BCUT2D eigenvalue weighted by molar-refractivity contribution is 9.10. The Balaban J connectivity index is 2.20. The van der Waals surface area contributed by atoms with E-state index in [4.69, 9.17) is 9.84 Å². The van der Waals surface area contributed by atoms with Crippen LogP contribution in [0, 0.1) is 0 Å². The average molecular weight is 281 g/mol. The molecule has 0 saturated carbocycles. The van der Waals surface area contributed by atoms with E-state index in [1.54, 1.807) is 0 Å². The van der Waals surface area contributed by atoms with Crippen LogP contribution in [-0.4, -0.2) is 15.1 Å². The smallest absolute Gasteiger partial charge is 0.238 e. The lowest BCUT2D eigenvalue weighted by atomic mass is 10.3. The first-order valence-corrected chi connectivity index (χ1v) is 5.42. The van der Waals surface area contributed by atoms with E-state index in [1.807, 2.05) is 24.3 Å². The molecule has 1 N–H and O–H groups in total. The molecule has 0 spiro atoms. The molecular formula is C11H9BrN2O2. The van der Waals surface area contributed by atoms with Crippen LogP contribution in [0.3, 0.4) is 0 Å². The Hall–Kier alpha value is -1.46. The molecule has 1 aromatic carbocycles. The second-order valence-corrected chi connectivity index (χ2v) is 3.98. The maximum atomic E-state index is 8.91. The molecule has 2 rings (SSSR count). The fourth-order valence-corrected chi connectivity index (χ4v) is 1.54. The number of hydrogen-bond acceptors (Lipinski definition) is 4. The first kappa shape index (κ1) is 11.0. The molecular weight excluding hydrogens is 272 g/mol. The van der Waals surface area contributed by atoms with Crippen molar-refractivity contribution in [2.75, 3.05) is 0 Å². The van der Waals surface area contributed by atoms with Gasteiger partial charge in [-0.15, -0.1) is 0 Å². The van der Waals surface area contributed by atoms with Crippen molar-refractivity contribution in [3.05, 3.63) is 46.8 Å². The fourth-order valence-electron chi connectivity index (χ4n) is 1.16. The second kappa shape index (κ2) is 5.05. The van der Waals surface area contributed by atoms with Crippen molar-refractivity contribution in [1.29, 1.82) is 0 Å². The Morgan fingerprint density at radius 3 is 2.94 bits per heavy atom. The van der Waals surface area contributed by atoms with Gasteiger partial charge in [-0.2, -0.15) is 0 Å². The van der Waals surface area contributed by atoms with Crippen LogP contribution in [0.2, 0.25) is 0 Å². The van der Waals surface area contributed by atoms with Gasteiger partial charge in [0, 0.05) is 4.47 Å². The van der Waals surface area contributed by atoms with E-state index < -0.39 is 0 Å². The molecule has 0 aliphatic rings. The van der Waals surface area contributed by atoms with Crippen LogP contribution in [0.4, 0.5) is 0 Å². The molecule has 2 aromatic rings. The van der Waals surface area contributed by atoms with E-state index in [0.717, 1.165) is 4.47 Å². The highest BCUT2D eigenvalue weighted by Gasteiger charge is 2.01. The molecule has 1 heterocycles. The number of ether oxygens (including phenoxy) is 1. The number of benzene rings is 1. The topological polar surface area (TPSA) is 55.2 Å². The quantitative estimate of drug-likeness (QED) is 0.939. The standard InChI is InChI=1S/C11H9BrN2O2/c12-8-2-1-3-10(4-8)16-11-6-13-5-9(7-15)14-11/h1-6,15H,7H2. The molecule has 1 aromatic heterocycles. The van der Waals surface area contributed by atoms with Gasteiger partial charge in [0.2, 0.25) is 5.88 Å². The molecule has 0 aliphatic heterocycles. The molecule has 0 bridgehead atoms. The lowest BCUT2D eigenvalue weighted by Gasteiger charge is -2.05. The number of aliphatic hydroxyl groups is 1. The van der Waals surface area contributed by atoms with Crippen LogP contribution in [0.5, 0.6) is 11.6 Å². The summed E-state index contributed by atoms with van der Waals surface area (Å²) in [6.07, 6.45) is 2.99. The summed E-state index contributed by atoms with van der Waals surface area (Å²) in [6, 6.07) is 7.41. The van der Waals surface area contributed by atoms with Gasteiger partial charge in [-0.3, -0.25) is 4.98 Å². The maximum absolute atomic E-state index is 8.91. The third-order valence-electron chi connectivity index (χ3n) is 1.84. The third kappa shape index (κ3) is 2.77. The molecule has 0 aliphatic carbocycles. The van der Waals surface area contributed by atoms with Gasteiger partial charge in [0.05, 0.1) is 24.7 Å². The number of aromatic nitrogens is 2. The van der Waals surface area contributed by atoms with Crippen molar-refractivity contribution in [2.45, 2.75) is 6.61 Å². The summed E-state index contributed by atoms with van der Waals surface area (Å²) >= 11 is 3.35. The van der Waals surface area contributed by atoms with Gasteiger partial charge >= 0.3 is 0 Å². The van der Waals surface area contributed by atoms with E-state index >= 15 is 0 Å². The zero-order chi connectivity index (χ0) is 11.4. The minimum absolute atomic E-state index is 0.150. The highest BCUT2D eigenvalue weighted by Crippen LogP contribution is 2.22. The summed E-state index contributed by atoms with van der Waals surface area (Å²) in [5.74, 6) is 1.03. The molecule has 0 unspecified atom stereocenters. The summed E-state index contributed by atoms with van der Waals surface area (Å²) in [7, 11) is 0. The summed E-state index contributed by atoms with van der Waals surface area (Å²) in [5.41, 5.74) is 0.479. The molecule has 0 saturated heterocycles. The minimum Gasteiger partial charge on any atom is -0.437 e. The highest BCUT2D eigenvalue weighted by atomic mass is 79.9. The van der Waals surface area contributed by atoms with Gasteiger partial charge < -0.3 is 9.84 Å². The van der Waals surface area contributed by atoms with Crippen molar-refractivity contribution < 1.29 is 9.84 Å². The molecule has 5 heteroatoms. The van der Waals surface area contributed by atoms with E-state index in [-0.39, 0.29) is 6.61 Å². The van der Waals surface area contributed by atoms with Crippen molar-refractivity contribution in [2.24, 2.45) is 0 Å². The zero-order valence-corrected chi connectivity index (χ0v) is 9.89. The summed E-state index contributed by atoms with van der Waals surface area (Å²) in [6.45, 7) is -0.150. The maximum Gasteiger partial charge on any atom is 0.238 e. The Bertz CT molecular complexity index is 491. The number of hydrogen-bond donors (Lipinski definition) is 1. The van der Waals surface area contributed by atoms with Crippen LogP contribution >= 0.6 is 15.9 Å². The molecule has 0 radical (unpaired) electrons. The minimum atomic E-state index is -0.150. The molecule has 82 valence electrons. The monoisotopic (exact) mass is 280 g/mol. The third-order valence-corrected chi connectivity index (χ3v) is 2.34. The lowest BCUT2D eigenvalue weighted by Crippen LogP contribution is -1.94. The summed E-state index contributed by atoms with van der Waals surface area (Å²) < 4.78 is 6.41. The normalized spacial score (nSPS) is 10.1. The zero-order valence-electron chi connectivity index (χ0n) is 8.30. The van der Waals surface area contributed by atoms with Gasteiger partial charge in [0.25, 0.3) is 0 Å². The van der Waals surface area contributed by atoms with E-state index in [9.17, 15) is 0 Å². The predicted octanol–water partition coefficient (Wildman–Crippen LogP) is 2.52. The van der Waals surface area contributed by atoms with Gasteiger partial charge in [-0.1, -0.05) is 22.0 Å². The number of rotatable bonds is 3. The molecule has 0 fully saturated rings. The summed E-state index contributed by atoms with van der Waals surface area (Å²) in [4.78, 5) is 7.98. The van der Waals surface area contributed by atoms with Crippen molar-refractivity contribution in [1.82, 2.24) is 9.97 Å². The fraction of sp³-hybridized carbons (Fsp3) is 0.0909. The Morgan fingerprint density at radius 2 is 2.19 bits per heavy atom. The SMILES string of the molecule is OCc1cncc(Oc2cccc(Br)c2)n1. The lowest BCUT2D eigenvalue weighted by molar-refractivity contribution is 0.274. The van der Waals surface area contributed by atoms with Crippen molar-refractivity contribution >= 4 is 15.9 Å². The van der Waals surface area contributed by atoms with E-state index in [2.05, 4.69) is 25.9 Å². The van der Waals surface area contributed by atoms with Crippen LogP contribution in [0.25, 0.3) is 0 Å². The molecule has 16 heavy (non-hydrogen) atoms. The van der Waals surface area contributed by atoms with Crippen LogP contribution in [-0.2, 0) is 6.61 Å². The van der Waals surface area contributed by atoms with Gasteiger partial charge in [-0.05, 0) is 18.2 Å². The van der Waals surface area contributed by atoms with E-state index in [1.165, 1.54) is 12.4 Å². The molecule has 4 nitrogen and oxygen atoms in total. The molecule has 0 amide bonds. The molecule has 0 atom stereocenters. The first-order chi connectivity index (χ1) is 7.78. The number of aliphatic hydroxyl groups excluding tert-OH is 1.